The van der Waals surface area contributed by atoms with E-state index in [0.29, 0.717) is 6.07 Å². The topological polar surface area (TPSA) is 30.7 Å². The van der Waals surface area contributed by atoms with Gasteiger partial charge in [0.15, 0.2) is 5.82 Å². The van der Waals surface area contributed by atoms with Crippen molar-refractivity contribution in [3.63, 3.8) is 0 Å². The molecule has 0 N–H and O–H groups in total. The minimum absolute atomic E-state index is 0.285. The van der Waals surface area contributed by atoms with E-state index in [9.17, 15) is 17.6 Å². The third kappa shape index (κ3) is 1.75. The second-order valence-corrected chi connectivity index (χ2v) is 2.98. The molecule has 0 saturated carbocycles. The van der Waals surface area contributed by atoms with Gasteiger partial charge in [-0.2, -0.15) is 13.2 Å². The second-order valence-electron chi connectivity index (χ2n) is 2.98. The first-order valence-electron chi connectivity index (χ1n) is 4.22. The average molecular weight is 231 g/mol. The first kappa shape index (κ1) is 10.6. The molecule has 1 aromatic heterocycles. The fraction of sp³-hybridized carbons (Fsp3) is 0.111. The molecule has 0 aliphatic heterocycles. The Balaban J connectivity index is 2.58. The second kappa shape index (κ2) is 3.58. The van der Waals surface area contributed by atoms with E-state index in [2.05, 4.69) is 10.3 Å². The maximum absolute atomic E-state index is 13.5. The summed E-state index contributed by atoms with van der Waals surface area (Å²) in [5.41, 5.74) is -1.60. The summed E-state index contributed by atoms with van der Waals surface area (Å²) in [6.45, 7) is 0. The van der Waals surface area contributed by atoms with Crippen LogP contribution in [0, 0.1) is 5.82 Å². The van der Waals surface area contributed by atoms with E-state index >= 15 is 0 Å². The Labute approximate surface area is 87.3 Å². The highest BCUT2D eigenvalue weighted by molar-refractivity contribution is 5.38. The van der Waals surface area contributed by atoms with E-state index in [1.54, 1.807) is 0 Å². The Morgan fingerprint density at radius 2 is 1.94 bits per heavy atom. The monoisotopic (exact) mass is 231 g/mol. The first-order chi connectivity index (χ1) is 7.50. The summed E-state index contributed by atoms with van der Waals surface area (Å²) in [6.07, 6.45) is -2.21. The number of rotatable bonds is 1. The van der Waals surface area contributed by atoms with Crippen molar-refractivity contribution in [3.8, 4) is 5.69 Å². The molecule has 2 rings (SSSR count). The number of hydrogen-bond donors (Lipinski definition) is 0. The number of nitrogens with zero attached hydrogens (tertiary/aromatic N) is 3. The molecule has 0 spiro atoms. The lowest BCUT2D eigenvalue weighted by Gasteiger charge is -2.10. The third-order valence-corrected chi connectivity index (χ3v) is 1.95. The van der Waals surface area contributed by atoms with Gasteiger partial charge in [-0.15, -0.1) is 5.10 Å². The molecule has 1 heterocycles. The number of halogens is 4. The van der Waals surface area contributed by atoms with Crippen LogP contribution in [0.5, 0.6) is 0 Å². The van der Waals surface area contributed by atoms with Crippen LogP contribution >= 0.6 is 0 Å². The van der Waals surface area contributed by atoms with Gasteiger partial charge in [-0.25, -0.2) is 9.07 Å². The van der Waals surface area contributed by atoms with Crippen LogP contribution in [0.25, 0.3) is 5.69 Å². The fourth-order valence-electron chi connectivity index (χ4n) is 1.25. The molecule has 0 amide bonds. The summed E-state index contributed by atoms with van der Waals surface area (Å²) in [6, 6.07) is 2.98. The van der Waals surface area contributed by atoms with Gasteiger partial charge in [0.2, 0.25) is 0 Å². The molecule has 84 valence electrons. The summed E-state index contributed by atoms with van der Waals surface area (Å²) in [5, 5.41) is 6.83. The highest BCUT2D eigenvalue weighted by Gasteiger charge is 2.35. The zero-order valence-corrected chi connectivity index (χ0v) is 7.74. The van der Waals surface area contributed by atoms with Gasteiger partial charge < -0.3 is 0 Å². The third-order valence-electron chi connectivity index (χ3n) is 1.95. The van der Waals surface area contributed by atoms with E-state index < -0.39 is 17.6 Å². The maximum Gasteiger partial charge on any atom is 0.419 e. The maximum atomic E-state index is 13.5. The van der Waals surface area contributed by atoms with Crippen LogP contribution in [0.15, 0.2) is 30.6 Å². The quantitative estimate of drug-likeness (QED) is 0.705. The van der Waals surface area contributed by atoms with E-state index in [1.165, 1.54) is 18.5 Å². The van der Waals surface area contributed by atoms with Gasteiger partial charge in [0.25, 0.3) is 0 Å². The van der Waals surface area contributed by atoms with Gasteiger partial charge >= 0.3 is 6.18 Å². The van der Waals surface area contributed by atoms with E-state index in [4.69, 9.17) is 0 Å². The molecule has 3 nitrogen and oxygen atoms in total. The van der Waals surface area contributed by atoms with Crippen molar-refractivity contribution < 1.29 is 17.6 Å². The van der Waals surface area contributed by atoms with E-state index in [0.717, 1.165) is 10.7 Å². The van der Waals surface area contributed by atoms with Crippen LogP contribution in [0.3, 0.4) is 0 Å². The van der Waals surface area contributed by atoms with Crippen molar-refractivity contribution in [1.29, 1.82) is 0 Å². The molecule has 0 saturated heterocycles. The van der Waals surface area contributed by atoms with Gasteiger partial charge in [-0.1, -0.05) is 11.3 Å². The molecule has 0 radical (unpaired) electrons. The van der Waals surface area contributed by atoms with Crippen molar-refractivity contribution in [2.75, 3.05) is 0 Å². The lowest BCUT2D eigenvalue weighted by Crippen LogP contribution is -2.11. The SMILES string of the molecule is Fc1c(-n2ccnn2)cccc1C(F)(F)F. The van der Waals surface area contributed by atoms with Gasteiger partial charge in [0, 0.05) is 0 Å². The van der Waals surface area contributed by atoms with Crippen molar-refractivity contribution >= 4 is 0 Å². The Morgan fingerprint density at radius 1 is 1.19 bits per heavy atom. The lowest BCUT2D eigenvalue weighted by atomic mass is 10.2. The largest absolute Gasteiger partial charge is 0.419 e. The smallest absolute Gasteiger partial charge is 0.218 e. The van der Waals surface area contributed by atoms with Gasteiger partial charge in [0.1, 0.15) is 5.69 Å². The van der Waals surface area contributed by atoms with Gasteiger partial charge in [-0.05, 0) is 12.1 Å². The van der Waals surface area contributed by atoms with E-state index in [-0.39, 0.29) is 5.69 Å². The van der Waals surface area contributed by atoms with Crippen LogP contribution in [-0.2, 0) is 6.18 Å². The van der Waals surface area contributed by atoms with Gasteiger partial charge in [0.05, 0.1) is 18.0 Å². The number of benzene rings is 1. The molecule has 1 aromatic carbocycles. The summed E-state index contributed by atoms with van der Waals surface area (Å²) in [7, 11) is 0. The molecule has 0 atom stereocenters. The summed E-state index contributed by atoms with van der Waals surface area (Å²) < 4.78 is 51.6. The molecular weight excluding hydrogens is 226 g/mol. The molecule has 0 aliphatic carbocycles. The minimum atomic E-state index is -4.72. The molecule has 16 heavy (non-hydrogen) atoms. The molecule has 0 fully saturated rings. The number of aromatic nitrogens is 3. The summed E-state index contributed by atoms with van der Waals surface area (Å²) in [4.78, 5) is 0. The Bertz CT molecular complexity index is 490. The Morgan fingerprint density at radius 3 is 2.50 bits per heavy atom. The zero-order valence-electron chi connectivity index (χ0n) is 7.74. The van der Waals surface area contributed by atoms with Crippen molar-refractivity contribution in [2.24, 2.45) is 0 Å². The normalized spacial score (nSPS) is 11.8. The Kier molecular flexibility index (Phi) is 2.37. The van der Waals surface area contributed by atoms with E-state index in [1.807, 2.05) is 0 Å². The van der Waals surface area contributed by atoms with Gasteiger partial charge in [-0.3, -0.25) is 0 Å². The van der Waals surface area contributed by atoms with Crippen LogP contribution in [0.2, 0.25) is 0 Å². The molecule has 0 aliphatic rings. The highest BCUT2D eigenvalue weighted by atomic mass is 19.4. The minimum Gasteiger partial charge on any atom is -0.218 e. The standard InChI is InChI=1S/C9H5F4N3/c10-8-6(9(11,12)13)2-1-3-7(8)16-5-4-14-15-16/h1-5H. The highest BCUT2D eigenvalue weighted by Crippen LogP contribution is 2.33. The van der Waals surface area contributed by atoms with Crippen molar-refractivity contribution in [1.82, 2.24) is 15.0 Å². The lowest BCUT2D eigenvalue weighted by molar-refractivity contribution is -0.140. The predicted molar refractivity (Wildman–Crippen MR) is 46.3 cm³/mol. The molecule has 0 unspecified atom stereocenters. The summed E-state index contributed by atoms with van der Waals surface area (Å²) >= 11 is 0. The summed E-state index contributed by atoms with van der Waals surface area (Å²) in [5.74, 6) is -1.36. The predicted octanol–water partition coefficient (Wildman–Crippen LogP) is 2.43. The van der Waals surface area contributed by atoms with Crippen molar-refractivity contribution in [3.05, 3.63) is 42.0 Å². The van der Waals surface area contributed by atoms with Crippen LogP contribution in [0.4, 0.5) is 17.6 Å². The first-order valence-corrected chi connectivity index (χ1v) is 4.22. The number of hydrogen-bond acceptors (Lipinski definition) is 2. The average Bonchev–Trinajstić information content (AvgIpc) is 2.69. The molecule has 7 heteroatoms. The number of alkyl halides is 3. The molecular formula is C9H5F4N3. The molecule has 0 bridgehead atoms. The Hall–Kier alpha value is -1.92. The van der Waals surface area contributed by atoms with Crippen LogP contribution < -0.4 is 0 Å². The fourth-order valence-corrected chi connectivity index (χ4v) is 1.25. The van der Waals surface area contributed by atoms with Crippen molar-refractivity contribution in [2.45, 2.75) is 6.18 Å². The van der Waals surface area contributed by atoms with Crippen LogP contribution in [-0.4, -0.2) is 15.0 Å². The zero-order chi connectivity index (χ0) is 11.8. The van der Waals surface area contributed by atoms with Crippen LogP contribution in [0.1, 0.15) is 5.56 Å². The molecule has 2 aromatic rings.